The molecule has 3 nitrogen and oxygen atoms in total. The summed E-state index contributed by atoms with van der Waals surface area (Å²) in [5, 5.41) is 0.662. The van der Waals surface area contributed by atoms with Crippen LogP contribution in [0.1, 0.15) is 12.5 Å². The van der Waals surface area contributed by atoms with Gasteiger partial charge in [0.2, 0.25) is 0 Å². The Labute approximate surface area is 99.6 Å². The number of carbonyl (C=O) groups excluding carboxylic acids is 1. The summed E-state index contributed by atoms with van der Waals surface area (Å²) in [6.45, 7) is 1.62. The molecule has 4 heteroatoms. The zero-order chi connectivity index (χ0) is 12.0. The van der Waals surface area contributed by atoms with E-state index < -0.39 is 0 Å². The van der Waals surface area contributed by atoms with Crippen LogP contribution in [0.5, 0.6) is 0 Å². The first kappa shape index (κ1) is 12.9. The van der Waals surface area contributed by atoms with E-state index in [1.165, 1.54) is 14.0 Å². The van der Waals surface area contributed by atoms with Gasteiger partial charge >= 0.3 is 0 Å². The van der Waals surface area contributed by atoms with Crippen molar-refractivity contribution in [1.29, 1.82) is 0 Å². The van der Waals surface area contributed by atoms with Crippen LogP contribution in [0.2, 0.25) is 5.02 Å². The average Bonchev–Trinajstić information content (AvgIpc) is 2.26. The smallest absolute Gasteiger partial charge is 0.158 e. The van der Waals surface area contributed by atoms with Crippen molar-refractivity contribution in [3.63, 3.8) is 0 Å². The van der Waals surface area contributed by atoms with Gasteiger partial charge in [-0.25, -0.2) is 9.78 Å². The number of ketones is 1. The van der Waals surface area contributed by atoms with Gasteiger partial charge in [0.1, 0.15) is 6.61 Å². The van der Waals surface area contributed by atoms with Gasteiger partial charge in [-0.1, -0.05) is 23.7 Å². The van der Waals surface area contributed by atoms with Crippen LogP contribution in [0.15, 0.2) is 29.8 Å². The van der Waals surface area contributed by atoms with Gasteiger partial charge < -0.3 is 0 Å². The quantitative estimate of drug-likeness (QED) is 0.451. The summed E-state index contributed by atoms with van der Waals surface area (Å²) < 4.78 is 0. The molecule has 0 aromatic heterocycles. The van der Waals surface area contributed by atoms with Gasteiger partial charge in [0.05, 0.1) is 7.11 Å². The maximum atomic E-state index is 11.3. The zero-order valence-electron chi connectivity index (χ0n) is 9.20. The van der Waals surface area contributed by atoms with Gasteiger partial charge in [-0.2, -0.15) is 0 Å². The fraction of sp³-hybridized carbons (Fsp3) is 0.250. The maximum Gasteiger partial charge on any atom is 0.158 e. The van der Waals surface area contributed by atoms with Gasteiger partial charge in [0.25, 0.3) is 0 Å². The number of Topliss-reactive ketones (excluding diaryl/α,β-unsaturated/α-hetero) is 1. The van der Waals surface area contributed by atoms with Gasteiger partial charge in [0.15, 0.2) is 5.78 Å². The second-order valence-electron chi connectivity index (χ2n) is 3.21. The molecule has 0 aliphatic carbocycles. The molecule has 0 fully saturated rings. The molecule has 0 saturated heterocycles. The van der Waals surface area contributed by atoms with Crippen LogP contribution in [0.4, 0.5) is 0 Å². The second kappa shape index (κ2) is 6.43. The molecule has 0 radical (unpaired) electrons. The largest absolute Gasteiger partial charge is 0.295 e. The van der Waals surface area contributed by atoms with Crippen molar-refractivity contribution < 1.29 is 14.6 Å². The molecule has 86 valence electrons. The van der Waals surface area contributed by atoms with Gasteiger partial charge in [-0.05, 0) is 30.7 Å². The first-order valence-electron chi connectivity index (χ1n) is 4.76. The molecule has 0 unspecified atom stereocenters. The Morgan fingerprint density at radius 1 is 1.38 bits per heavy atom. The van der Waals surface area contributed by atoms with E-state index in [4.69, 9.17) is 16.5 Å². The molecule has 1 aromatic rings. The van der Waals surface area contributed by atoms with E-state index >= 15 is 0 Å². The molecule has 16 heavy (non-hydrogen) atoms. The summed E-state index contributed by atoms with van der Waals surface area (Å²) in [5.41, 5.74) is 1.44. The Morgan fingerprint density at radius 2 is 2.00 bits per heavy atom. The number of rotatable bonds is 5. The summed E-state index contributed by atoms with van der Waals surface area (Å²) >= 11 is 5.76. The highest BCUT2D eigenvalue weighted by Crippen LogP contribution is 2.13. The lowest BCUT2D eigenvalue weighted by Gasteiger charge is -2.03. The number of carbonyl (C=O) groups is 1. The zero-order valence-corrected chi connectivity index (χ0v) is 9.95. The van der Waals surface area contributed by atoms with Gasteiger partial charge in [0, 0.05) is 10.6 Å². The van der Waals surface area contributed by atoms with E-state index in [0.29, 0.717) is 10.6 Å². The highest BCUT2D eigenvalue weighted by Gasteiger charge is 2.04. The predicted molar refractivity (Wildman–Crippen MR) is 63.1 cm³/mol. The second-order valence-corrected chi connectivity index (χ2v) is 3.64. The van der Waals surface area contributed by atoms with E-state index in [0.717, 1.165) is 5.56 Å². The summed E-state index contributed by atoms with van der Waals surface area (Å²) in [5.74, 6) is -0.0491. The molecule has 0 saturated carbocycles. The minimum absolute atomic E-state index is 0.0491. The molecule has 0 aliphatic rings. The topological polar surface area (TPSA) is 35.5 Å². The molecule has 0 spiro atoms. The molecule has 1 aromatic carbocycles. The van der Waals surface area contributed by atoms with Crippen LogP contribution in [-0.2, 0) is 14.6 Å². The monoisotopic (exact) mass is 240 g/mol. The molecule has 0 amide bonds. The van der Waals surface area contributed by atoms with E-state index in [1.54, 1.807) is 18.2 Å². The molecule has 0 N–H and O–H groups in total. The lowest BCUT2D eigenvalue weighted by molar-refractivity contribution is -0.264. The van der Waals surface area contributed by atoms with Crippen LogP contribution < -0.4 is 0 Å². The minimum Gasteiger partial charge on any atom is -0.295 e. The van der Waals surface area contributed by atoms with Gasteiger partial charge in [-0.15, -0.1) is 0 Å². The van der Waals surface area contributed by atoms with Crippen LogP contribution in [0.25, 0.3) is 6.08 Å². The third-order valence-corrected chi connectivity index (χ3v) is 2.25. The minimum atomic E-state index is -0.0491. The molecular formula is C12H13ClO3. The standard InChI is InChI=1S/C12H13ClO3/c1-9(14)11(8-16-15-2)7-10-3-5-12(13)6-4-10/h3-7H,8H2,1-2H3. The van der Waals surface area contributed by atoms with Crippen molar-refractivity contribution in [3.05, 3.63) is 40.4 Å². The fourth-order valence-electron chi connectivity index (χ4n) is 1.13. The Kier molecular flexibility index (Phi) is 5.19. The van der Waals surface area contributed by atoms with Crippen molar-refractivity contribution in [2.75, 3.05) is 13.7 Å². The number of halogens is 1. The Morgan fingerprint density at radius 3 is 2.50 bits per heavy atom. The predicted octanol–water partition coefficient (Wildman–Crippen LogP) is 2.89. The Bertz CT molecular complexity index is 382. The summed E-state index contributed by atoms with van der Waals surface area (Å²) in [6, 6.07) is 7.20. The van der Waals surface area contributed by atoms with Crippen LogP contribution in [-0.4, -0.2) is 19.5 Å². The van der Waals surface area contributed by atoms with Crippen molar-refractivity contribution in [3.8, 4) is 0 Å². The average molecular weight is 241 g/mol. The molecule has 1 rings (SSSR count). The lowest BCUT2D eigenvalue weighted by atomic mass is 10.1. The number of hydrogen-bond acceptors (Lipinski definition) is 3. The molecule has 0 heterocycles. The molecular weight excluding hydrogens is 228 g/mol. The number of benzene rings is 1. The van der Waals surface area contributed by atoms with Crippen LogP contribution in [0, 0.1) is 0 Å². The first-order chi connectivity index (χ1) is 7.63. The highest BCUT2D eigenvalue weighted by atomic mass is 35.5. The third kappa shape index (κ3) is 4.14. The lowest BCUT2D eigenvalue weighted by Crippen LogP contribution is -2.05. The summed E-state index contributed by atoms with van der Waals surface area (Å²) in [6.07, 6.45) is 1.75. The van der Waals surface area contributed by atoms with Crippen molar-refractivity contribution >= 4 is 23.5 Å². The van der Waals surface area contributed by atoms with Crippen LogP contribution in [0.3, 0.4) is 0 Å². The Balaban J connectivity index is 2.84. The SMILES string of the molecule is COOCC(=Cc1ccc(Cl)cc1)C(C)=O. The van der Waals surface area contributed by atoms with Crippen molar-refractivity contribution in [2.45, 2.75) is 6.92 Å². The normalized spacial score (nSPS) is 11.6. The van der Waals surface area contributed by atoms with E-state index in [1.807, 2.05) is 12.1 Å². The van der Waals surface area contributed by atoms with E-state index in [2.05, 4.69) is 4.89 Å². The summed E-state index contributed by atoms with van der Waals surface area (Å²) in [7, 11) is 1.40. The first-order valence-corrected chi connectivity index (χ1v) is 5.14. The molecule has 0 atom stereocenters. The van der Waals surface area contributed by atoms with E-state index in [-0.39, 0.29) is 12.4 Å². The Hall–Kier alpha value is -1.16. The van der Waals surface area contributed by atoms with Crippen LogP contribution >= 0.6 is 11.6 Å². The molecule has 0 aliphatic heterocycles. The molecule has 0 bridgehead atoms. The van der Waals surface area contributed by atoms with Gasteiger partial charge in [-0.3, -0.25) is 4.79 Å². The summed E-state index contributed by atoms with van der Waals surface area (Å²) in [4.78, 5) is 20.5. The third-order valence-electron chi connectivity index (χ3n) is 2.00. The highest BCUT2D eigenvalue weighted by molar-refractivity contribution is 6.30. The van der Waals surface area contributed by atoms with E-state index in [9.17, 15) is 4.79 Å². The maximum absolute atomic E-state index is 11.3. The fourth-order valence-corrected chi connectivity index (χ4v) is 1.25. The van der Waals surface area contributed by atoms with Crippen molar-refractivity contribution in [2.24, 2.45) is 0 Å². The van der Waals surface area contributed by atoms with Crippen molar-refractivity contribution in [1.82, 2.24) is 0 Å². The number of hydrogen-bond donors (Lipinski definition) is 0.